The zero-order valence-corrected chi connectivity index (χ0v) is 10.7. The molecule has 2 aromatic rings. The van der Waals surface area contributed by atoms with Crippen LogP contribution in [0.5, 0.6) is 11.5 Å². The third-order valence-electron chi connectivity index (χ3n) is 2.56. The van der Waals surface area contributed by atoms with E-state index in [2.05, 4.69) is 0 Å². The molecule has 0 saturated carbocycles. The smallest absolute Gasteiger partial charge is 0.292 e. The molecule has 2 N–H and O–H groups in total. The molecule has 0 radical (unpaired) electrons. The van der Waals surface area contributed by atoms with Gasteiger partial charge in [0, 0.05) is 12.1 Å². The number of ether oxygens (including phenoxy) is 2. The highest BCUT2D eigenvalue weighted by Gasteiger charge is 2.11. The van der Waals surface area contributed by atoms with Crippen molar-refractivity contribution in [3.63, 3.8) is 0 Å². The molecule has 0 unspecified atom stereocenters. The molecule has 0 aliphatic heterocycles. The van der Waals surface area contributed by atoms with Crippen LogP contribution >= 0.6 is 0 Å². The van der Waals surface area contributed by atoms with Crippen LogP contribution in [-0.2, 0) is 0 Å². The lowest BCUT2D eigenvalue weighted by Crippen LogP contribution is -2.09. The number of benzene rings is 2. The van der Waals surface area contributed by atoms with Gasteiger partial charge in [0.15, 0.2) is 0 Å². The Labute approximate surface area is 115 Å². The second-order valence-corrected chi connectivity index (χ2v) is 3.99. The van der Waals surface area contributed by atoms with Gasteiger partial charge < -0.3 is 15.2 Å². The van der Waals surface area contributed by atoms with E-state index in [4.69, 9.17) is 15.2 Å². The van der Waals surface area contributed by atoms with Gasteiger partial charge in [0.2, 0.25) is 0 Å². The van der Waals surface area contributed by atoms with E-state index in [0.29, 0.717) is 19.0 Å². The summed E-state index contributed by atoms with van der Waals surface area (Å²) in [5.74, 6) is 1.24. The summed E-state index contributed by atoms with van der Waals surface area (Å²) in [5.41, 5.74) is 5.52. The number of nitrogen functional groups attached to an aromatic ring is 1. The van der Waals surface area contributed by atoms with Crippen molar-refractivity contribution in [2.24, 2.45) is 0 Å². The van der Waals surface area contributed by atoms with E-state index in [1.807, 2.05) is 30.3 Å². The number of hydrogen-bond donors (Lipinski definition) is 1. The Bertz CT molecular complexity index is 587. The molecule has 0 aliphatic carbocycles. The van der Waals surface area contributed by atoms with Crippen LogP contribution in [0.2, 0.25) is 0 Å². The summed E-state index contributed by atoms with van der Waals surface area (Å²) in [6, 6.07) is 13.6. The number of nitrogens with two attached hydrogens (primary N) is 1. The predicted molar refractivity (Wildman–Crippen MR) is 74.9 cm³/mol. The van der Waals surface area contributed by atoms with Gasteiger partial charge in [0.25, 0.3) is 5.69 Å². The van der Waals surface area contributed by atoms with Gasteiger partial charge in [0.1, 0.15) is 30.4 Å². The van der Waals surface area contributed by atoms with Gasteiger partial charge in [-0.1, -0.05) is 18.2 Å². The molecule has 0 spiro atoms. The normalized spacial score (nSPS) is 10.0. The molecule has 104 valence electrons. The number of nitro groups is 1. The molecule has 0 aliphatic rings. The van der Waals surface area contributed by atoms with Crippen LogP contribution in [0.1, 0.15) is 0 Å². The third kappa shape index (κ3) is 3.61. The fourth-order valence-electron chi connectivity index (χ4n) is 1.62. The van der Waals surface area contributed by atoms with Crippen LogP contribution in [0.4, 0.5) is 11.4 Å². The van der Waals surface area contributed by atoms with E-state index in [1.165, 1.54) is 18.2 Å². The van der Waals surface area contributed by atoms with Crippen LogP contribution in [0.25, 0.3) is 0 Å². The monoisotopic (exact) mass is 274 g/mol. The zero-order chi connectivity index (χ0) is 14.4. The van der Waals surface area contributed by atoms with E-state index < -0.39 is 4.92 Å². The van der Waals surface area contributed by atoms with Crippen molar-refractivity contribution in [3.8, 4) is 11.5 Å². The van der Waals surface area contributed by atoms with Gasteiger partial charge in [-0.15, -0.1) is 0 Å². The maximum Gasteiger partial charge on any atom is 0.292 e. The fourth-order valence-corrected chi connectivity index (χ4v) is 1.62. The Morgan fingerprint density at radius 3 is 2.25 bits per heavy atom. The minimum absolute atomic E-state index is 0.0801. The first kappa shape index (κ1) is 13.7. The molecule has 0 aromatic heterocycles. The maximum absolute atomic E-state index is 10.6. The Hall–Kier alpha value is -2.76. The van der Waals surface area contributed by atoms with Crippen molar-refractivity contribution in [3.05, 3.63) is 58.6 Å². The molecule has 2 rings (SSSR count). The van der Waals surface area contributed by atoms with Crippen molar-refractivity contribution in [1.29, 1.82) is 0 Å². The van der Waals surface area contributed by atoms with E-state index in [9.17, 15) is 10.1 Å². The van der Waals surface area contributed by atoms with Gasteiger partial charge in [-0.05, 0) is 18.2 Å². The first-order valence-corrected chi connectivity index (χ1v) is 6.01. The first-order chi connectivity index (χ1) is 9.66. The van der Waals surface area contributed by atoms with Crippen molar-refractivity contribution in [1.82, 2.24) is 0 Å². The summed E-state index contributed by atoms with van der Waals surface area (Å²) in [7, 11) is 0. The number of rotatable bonds is 6. The SMILES string of the molecule is Nc1cc(OCCOc2ccccc2)ccc1[N+](=O)[O-]. The van der Waals surface area contributed by atoms with Crippen LogP contribution < -0.4 is 15.2 Å². The van der Waals surface area contributed by atoms with Crippen LogP contribution in [0, 0.1) is 10.1 Å². The van der Waals surface area contributed by atoms with E-state index in [1.54, 1.807) is 0 Å². The molecular formula is C14H14N2O4. The Balaban J connectivity index is 1.83. The largest absolute Gasteiger partial charge is 0.490 e. The Kier molecular flexibility index (Phi) is 4.39. The van der Waals surface area contributed by atoms with Gasteiger partial charge in [0.05, 0.1) is 4.92 Å². The fraction of sp³-hybridized carbons (Fsp3) is 0.143. The minimum atomic E-state index is -0.530. The summed E-state index contributed by atoms with van der Waals surface area (Å²) in [6.45, 7) is 0.701. The van der Waals surface area contributed by atoms with Gasteiger partial charge in [-0.3, -0.25) is 10.1 Å². The topological polar surface area (TPSA) is 87.6 Å². The average molecular weight is 274 g/mol. The summed E-state index contributed by atoms with van der Waals surface area (Å²) < 4.78 is 10.9. The van der Waals surface area contributed by atoms with Crippen LogP contribution in [-0.4, -0.2) is 18.1 Å². The average Bonchev–Trinajstić information content (AvgIpc) is 2.44. The van der Waals surface area contributed by atoms with Crippen LogP contribution in [0.15, 0.2) is 48.5 Å². The molecule has 0 bridgehead atoms. The molecule has 6 nitrogen and oxygen atoms in total. The zero-order valence-electron chi connectivity index (χ0n) is 10.7. The molecule has 0 saturated heterocycles. The quantitative estimate of drug-likeness (QED) is 0.378. The highest BCUT2D eigenvalue weighted by Crippen LogP contribution is 2.25. The first-order valence-electron chi connectivity index (χ1n) is 6.01. The number of para-hydroxylation sites is 1. The van der Waals surface area contributed by atoms with E-state index in [-0.39, 0.29) is 11.4 Å². The molecule has 20 heavy (non-hydrogen) atoms. The highest BCUT2D eigenvalue weighted by atomic mass is 16.6. The number of anilines is 1. The van der Waals surface area contributed by atoms with Crippen molar-refractivity contribution >= 4 is 11.4 Å². The highest BCUT2D eigenvalue weighted by molar-refractivity contribution is 5.60. The molecule has 0 heterocycles. The minimum Gasteiger partial charge on any atom is -0.490 e. The lowest BCUT2D eigenvalue weighted by atomic mass is 10.2. The van der Waals surface area contributed by atoms with Gasteiger partial charge in [-0.25, -0.2) is 0 Å². The summed E-state index contributed by atoms with van der Waals surface area (Å²) in [4.78, 5) is 10.1. The number of nitrogens with zero attached hydrogens (tertiary/aromatic N) is 1. The van der Waals surface area contributed by atoms with E-state index >= 15 is 0 Å². The van der Waals surface area contributed by atoms with Crippen molar-refractivity contribution in [2.45, 2.75) is 0 Å². The molecule has 0 amide bonds. The number of hydrogen-bond acceptors (Lipinski definition) is 5. The molecule has 0 fully saturated rings. The maximum atomic E-state index is 10.6. The Morgan fingerprint density at radius 2 is 1.65 bits per heavy atom. The van der Waals surface area contributed by atoms with Crippen molar-refractivity contribution < 1.29 is 14.4 Å². The third-order valence-corrected chi connectivity index (χ3v) is 2.56. The number of nitro benzene ring substituents is 1. The van der Waals surface area contributed by atoms with Gasteiger partial charge in [-0.2, -0.15) is 0 Å². The lowest BCUT2D eigenvalue weighted by molar-refractivity contribution is -0.383. The standard InChI is InChI=1S/C14H14N2O4/c15-13-10-12(6-7-14(13)16(17)18)20-9-8-19-11-4-2-1-3-5-11/h1-7,10H,8-9,15H2. The molecule has 0 atom stereocenters. The second kappa shape index (κ2) is 6.42. The molecule has 2 aromatic carbocycles. The summed E-state index contributed by atoms with van der Waals surface area (Å²) >= 11 is 0. The van der Waals surface area contributed by atoms with Gasteiger partial charge >= 0.3 is 0 Å². The molecule has 6 heteroatoms. The van der Waals surface area contributed by atoms with Crippen molar-refractivity contribution in [2.75, 3.05) is 18.9 Å². The predicted octanol–water partition coefficient (Wildman–Crippen LogP) is 2.63. The van der Waals surface area contributed by atoms with E-state index in [0.717, 1.165) is 5.75 Å². The lowest BCUT2D eigenvalue weighted by Gasteiger charge is -2.08. The summed E-state index contributed by atoms with van der Waals surface area (Å²) in [6.07, 6.45) is 0. The second-order valence-electron chi connectivity index (χ2n) is 3.99. The Morgan fingerprint density at radius 1 is 1.00 bits per heavy atom. The summed E-state index contributed by atoms with van der Waals surface area (Å²) in [5, 5.41) is 10.6. The van der Waals surface area contributed by atoms with Crippen LogP contribution in [0.3, 0.4) is 0 Å². The molecular weight excluding hydrogens is 260 g/mol.